The van der Waals surface area contributed by atoms with Crippen molar-refractivity contribution >= 4 is 30.2 Å². The van der Waals surface area contributed by atoms with Crippen molar-refractivity contribution in [1.82, 2.24) is 4.57 Å². The van der Waals surface area contributed by atoms with Gasteiger partial charge in [0.05, 0.1) is 25.2 Å². The lowest BCUT2D eigenvalue weighted by Gasteiger charge is -2.08. The second-order valence-electron chi connectivity index (χ2n) is 7.46. The highest BCUT2D eigenvalue weighted by Gasteiger charge is 2.22. The van der Waals surface area contributed by atoms with Crippen molar-refractivity contribution in [3.05, 3.63) is 78.1 Å². The van der Waals surface area contributed by atoms with Gasteiger partial charge in [0, 0.05) is 11.1 Å². The molecule has 0 spiro atoms. The summed E-state index contributed by atoms with van der Waals surface area (Å²) in [5, 5.41) is 18.3. The molecule has 4 rings (SSSR count). The maximum atomic E-state index is 11.1. The molecule has 11 heteroatoms. The molecular formula is C23H19BF4N2O4. The van der Waals surface area contributed by atoms with Gasteiger partial charge in [-0.2, -0.15) is 0 Å². The molecule has 176 valence electrons. The molecule has 0 unspecified atom stereocenters. The molecule has 0 atom stereocenters. The topological polar surface area (TPSA) is 83.4 Å². The maximum absolute atomic E-state index is 11.1. The van der Waals surface area contributed by atoms with Crippen molar-refractivity contribution in [2.45, 2.75) is 0 Å². The molecule has 34 heavy (non-hydrogen) atoms. The van der Waals surface area contributed by atoms with E-state index in [0.29, 0.717) is 0 Å². The van der Waals surface area contributed by atoms with E-state index in [1.807, 2.05) is 66.0 Å². The number of aryl methyl sites for hydroxylation is 2. The lowest BCUT2D eigenvalue weighted by atomic mass is 9.96. The first-order chi connectivity index (χ1) is 15.9. The number of carboxylic acids is 2. The second-order valence-corrected chi connectivity index (χ2v) is 7.46. The van der Waals surface area contributed by atoms with Crippen LogP contribution < -0.4 is 4.57 Å². The van der Waals surface area contributed by atoms with Gasteiger partial charge in [-0.1, -0.05) is 24.3 Å². The fourth-order valence-corrected chi connectivity index (χ4v) is 3.72. The molecule has 0 aliphatic heterocycles. The number of fused-ring (bicyclic) bond motifs is 1. The van der Waals surface area contributed by atoms with E-state index in [1.165, 1.54) is 0 Å². The number of carbonyl (C=O) groups is 2. The molecule has 6 nitrogen and oxygen atoms in total. The van der Waals surface area contributed by atoms with Gasteiger partial charge in [-0.3, -0.25) is 0 Å². The quantitative estimate of drug-likeness (QED) is 0.247. The van der Waals surface area contributed by atoms with Crippen LogP contribution in [0.25, 0.3) is 33.3 Å². The Labute approximate surface area is 191 Å². The van der Waals surface area contributed by atoms with Crippen LogP contribution in [-0.4, -0.2) is 34.0 Å². The summed E-state index contributed by atoms with van der Waals surface area (Å²) in [5.74, 6) is -1.90. The van der Waals surface area contributed by atoms with Crippen LogP contribution in [0, 0.1) is 0 Å². The zero-order valence-corrected chi connectivity index (χ0v) is 18.0. The molecule has 4 aromatic rings. The molecular weight excluding hydrogens is 455 g/mol. The van der Waals surface area contributed by atoms with Gasteiger partial charge in [0.25, 0.3) is 0 Å². The van der Waals surface area contributed by atoms with Gasteiger partial charge in [0.1, 0.15) is 0 Å². The van der Waals surface area contributed by atoms with Crippen LogP contribution in [0.5, 0.6) is 0 Å². The van der Waals surface area contributed by atoms with E-state index in [-0.39, 0.29) is 11.1 Å². The van der Waals surface area contributed by atoms with Gasteiger partial charge >= 0.3 is 19.2 Å². The van der Waals surface area contributed by atoms with Crippen LogP contribution in [0.1, 0.15) is 20.7 Å². The van der Waals surface area contributed by atoms with Gasteiger partial charge in [0.15, 0.2) is 11.0 Å². The summed E-state index contributed by atoms with van der Waals surface area (Å²) < 4.78 is 43.1. The Morgan fingerprint density at radius 2 is 1.15 bits per heavy atom. The highest BCUT2D eigenvalue weighted by atomic mass is 19.5. The lowest BCUT2D eigenvalue weighted by molar-refractivity contribution is -0.645. The normalized spacial score (nSPS) is 11.1. The standard InChI is InChI=1S/C23H18N2O4.BF4/c1-24-13-25(2)21-19(15-5-9-17(10-6-15)23(28)29)12-11-18(20(21)24)14-3-7-16(8-4-14)22(26)27;2-1(3,4)5/h3-13H,1-2H3,(H-,26,27,28,29);/q;-1/p+1. The lowest BCUT2D eigenvalue weighted by Crippen LogP contribution is -2.26. The molecule has 2 N–H and O–H groups in total. The summed E-state index contributed by atoms with van der Waals surface area (Å²) in [6, 6.07) is 17.7. The summed E-state index contributed by atoms with van der Waals surface area (Å²) in [4.78, 5) is 22.3. The highest BCUT2D eigenvalue weighted by Crippen LogP contribution is 2.34. The van der Waals surface area contributed by atoms with Crippen molar-refractivity contribution in [1.29, 1.82) is 0 Å². The average molecular weight is 474 g/mol. The Bertz CT molecular complexity index is 1260. The predicted octanol–water partition coefficient (Wildman–Crippen LogP) is 5.03. The molecule has 0 saturated heterocycles. The van der Waals surface area contributed by atoms with E-state index in [9.17, 15) is 26.9 Å². The molecule has 0 amide bonds. The van der Waals surface area contributed by atoms with Crippen molar-refractivity contribution in [2.24, 2.45) is 14.1 Å². The maximum Gasteiger partial charge on any atom is 0.673 e. The van der Waals surface area contributed by atoms with Crippen molar-refractivity contribution in [3.8, 4) is 22.3 Å². The molecule has 3 aromatic carbocycles. The molecule has 0 fully saturated rings. The van der Waals surface area contributed by atoms with Crippen LogP contribution in [0.15, 0.2) is 67.0 Å². The molecule has 0 aliphatic rings. The van der Waals surface area contributed by atoms with E-state index in [4.69, 9.17) is 10.2 Å². The van der Waals surface area contributed by atoms with Crippen molar-refractivity contribution in [3.63, 3.8) is 0 Å². The van der Waals surface area contributed by atoms with Gasteiger partial charge < -0.3 is 27.5 Å². The minimum atomic E-state index is -6.00. The van der Waals surface area contributed by atoms with Crippen LogP contribution in [0.3, 0.4) is 0 Å². The Kier molecular flexibility index (Phi) is 6.76. The Balaban J connectivity index is 0.000000588. The van der Waals surface area contributed by atoms with Crippen molar-refractivity contribution < 1.29 is 41.6 Å². The fourth-order valence-electron chi connectivity index (χ4n) is 3.72. The number of halogens is 4. The van der Waals surface area contributed by atoms with Crippen LogP contribution >= 0.6 is 0 Å². The summed E-state index contributed by atoms with van der Waals surface area (Å²) in [6.45, 7) is 0. The molecule has 0 bridgehead atoms. The summed E-state index contributed by atoms with van der Waals surface area (Å²) in [6.07, 6.45) is 1.98. The summed E-state index contributed by atoms with van der Waals surface area (Å²) >= 11 is 0. The third-order valence-electron chi connectivity index (χ3n) is 5.09. The molecule has 1 heterocycles. The number of imidazole rings is 1. The number of hydrogen-bond donors (Lipinski definition) is 2. The molecule has 1 aromatic heterocycles. The smallest absolute Gasteiger partial charge is 0.478 e. The Morgan fingerprint density at radius 3 is 1.56 bits per heavy atom. The summed E-state index contributed by atoms with van der Waals surface area (Å²) in [5.41, 5.74) is 6.35. The number of carboxylic acid groups (broad SMARTS) is 2. The molecule has 0 saturated carbocycles. The van der Waals surface area contributed by atoms with E-state index in [2.05, 4.69) is 0 Å². The average Bonchev–Trinajstić information content (AvgIpc) is 3.06. The van der Waals surface area contributed by atoms with E-state index < -0.39 is 19.2 Å². The first-order valence-electron chi connectivity index (χ1n) is 9.89. The van der Waals surface area contributed by atoms with E-state index in [1.54, 1.807) is 24.3 Å². The zero-order chi connectivity index (χ0) is 25.2. The number of aromatic nitrogens is 2. The summed E-state index contributed by atoms with van der Waals surface area (Å²) in [7, 11) is -2.07. The fraction of sp³-hybridized carbons (Fsp3) is 0.0870. The third-order valence-corrected chi connectivity index (χ3v) is 5.09. The highest BCUT2D eigenvalue weighted by molar-refractivity contribution is 6.50. The number of hydrogen-bond acceptors (Lipinski definition) is 2. The number of benzene rings is 3. The first-order valence-corrected chi connectivity index (χ1v) is 9.89. The minimum absolute atomic E-state index is 0.248. The Morgan fingerprint density at radius 1 is 0.765 bits per heavy atom. The van der Waals surface area contributed by atoms with E-state index in [0.717, 1.165) is 33.3 Å². The first kappa shape index (κ1) is 24.5. The van der Waals surface area contributed by atoms with E-state index >= 15 is 0 Å². The minimum Gasteiger partial charge on any atom is -0.478 e. The number of aromatic carboxylic acids is 2. The van der Waals surface area contributed by atoms with Gasteiger partial charge in [-0.15, -0.1) is 0 Å². The monoisotopic (exact) mass is 474 g/mol. The Hall–Kier alpha value is -4.15. The van der Waals surface area contributed by atoms with Crippen LogP contribution in [-0.2, 0) is 14.1 Å². The third kappa shape index (κ3) is 5.42. The van der Waals surface area contributed by atoms with Gasteiger partial charge in [-0.25, -0.2) is 18.7 Å². The second kappa shape index (κ2) is 9.38. The van der Waals surface area contributed by atoms with Crippen LogP contribution in [0.4, 0.5) is 17.3 Å². The molecule has 0 radical (unpaired) electrons. The number of nitrogens with zero attached hydrogens (tertiary/aromatic N) is 2. The SMILES string of the molecule is Cn1c[n+](C)c2c(-c3ccc(C(=O)O)cc3)ccc(-c3ccc(C(=O)O)cc3)c21.F[B-](F)(F)F. The van der Waals surface area contributed by atoms with Crippen LogP contribution in [0.2, 0.25) is 0 Å². The molecule has 0 aliphatic carbocycles. The number of rotatable bonds is 4. The zero-order valence-electron chi connectivity index (χ0n) is 18.0. The largest absolute Gasteiger partial charge is 0.673 e. The predicted molar refractivity (Wildman–Crippen MR) is 119 cm³/mol. The van der Waals surface area contributed by atoms with Crippen molar-refractivity contribution in [2.75, 3.05) is 0 Å². The van der Waals surface area contributed by atoms with Gasteiger partial charge in [-0.05, 0) is 47.5 Å². The van der Waals surface area contributed by atoms with Gasteiger partial charge in [0.2, 0.25) is 6.33 Å².